The van der Waals surface area contributed by atoms with Crippen molar-refractivity contribution in [2.24, 2.45) is 4.99 Å². The Bertz CT molecular complexity index is 753. The fourth-order valence-corrected chi connectivity index (χ4v) is 4.02. The average Bonchev–Trinajstić information content (AvgIpc) is 2.78. The van der Waals surface area contributed by atoms with Crippen molar-refractivity contribution in [2.45, 2.75) is 110 Å². The van der Waals surface area contributed by atoms with Crippen LogP contribution in [-0.2, 0) is 16.5 Å². The summed E-state index contributed by atoms with van der Waals surface area (Å²) in [7, 11) is -4.14. The molecule has 0 aliphatic carbocycles. The van der Waals surface area contributed by atoms with Crippen LogP contribution in [0.4, 0.5) is 0 Å². The zero-order chi connectivity index (χ0) is 24.4. The first kappa shape index (κ1) is 33.4. The number of hydrogen-bond donors (Lipinski definition) is 1. The van der Waals surface area contributed by atoms with Gasteiger partial charge in [-0.2, -0.15) is 8.42 Å². The first-order chi connectivity index (χ1) is 15.9. The molecule has 0 amide bonds. The van der Waals surface area contributed by atoms with Gasteiger partial charge in [0.05, 0.1) is 12.3 Å². The van der Waals surface area contributed by atoms with E-state index in [1.165, 1.54) is 50.5 Å². The topological polar surface area (TPSA) is 99.0 Å². The summed E-state index contributed by atoms with van der Waals surface area (Å²) in [6.45, 7) is 4.13. The van der Waals surface area contributed by atoms with Crippen molar-refractivity contribution in [3.63, 3.8) is 0 Å². The van der Waals surface area contributed by atoms with Gasteiger partial charge in [-0.1, -0.05) is 90.2 Å². The number of aryl methyl sites for hydroxylation is 1. The van der Waals surface area contributed by atoms with Crippen LogP contribution in [0.1, 0.15) is 103 Å². The molecule has 6 nitrogen and oxygen atoms in total. The number of rotatable bonds is 20. The van der Waals surface area contributed by atoms with Gasteiger partial charge >= 0.3 is 29.6 Å². The molecule has 1 aromatic carbocycles. The van der Waals surface area contributed by atoms with Crippen molar-refractivity contribution in [3.8, 4) is 5.75 Å². The van der Waals surface area contributed by atoms with E-state index in [9.17, 15) is 13.5 Å². The van der Waals surface area contributed by atoms with Crippen molar-refractivity contribution < 1.29 is 52.4 Å². The van der Waals surface area contributed by atoms with Crippen LogP contribution in [0.2, 0.25) is 0 Å². The van der Waals surface area contributed by atoms with Gasteiger partial charge in [0, 0.05) is 0 Å². The van der Waals surface area contributed by atoms with Gasteiger partial charge in [0.25, 0.3) is 10.1 Å². The predicted octanol–water partition coefficient (Wildman–Crippen LogP) is 2.74. The molecule has 0 saturated carbocycles. The van der Waals surface area contributed by atoms with Gasteiger partial charge in [-0.3, -0.25) is 4.55 Å². The van der Waals surface area contributed by atoms with Gasteiger partial charge in [-0.15, -0.1) is 0 Å². The smallest absolute Gasteiger partial charge is 0.859 e. The Morgan fingerprint density at radius 1 is 0.912 bits per heavy atom. The van der Waals surface area contributed by atoms with E-state index in [1.54, 1.807) is 0 Å². The minimum absolute atomic E-state index is 0. The van der Waals surface area contributed by atoms with Crippen molar-refractivity contribution >= 4 is 16.0 Å². The molecule has 0 aliphatic heterocycles. The van der Waals surface area contributed by atoms with E-state index in [2.05, 4.69) is 18.8 Å². The average molecular weight is 506 g/mol. The Morgan fingerprint density at radius 2 is 1.44 bits per heavy atom. The summed E-state index contributed by atoms with van der Waals surface area (Å²) in [6.07, 6.45) is 15.1. The first-order valence-corrected chi connectivity index (χ1v) is 14.4. The van der Waals surface area contributed by atoms with Crippen LogP contribution in [0.5, 0.6) is 5.75 Å². The molecule has 0 saturated heterocycles. The number of hydrogen-bond acceptors (Lipinski definition) is 5. The second-order valence-electron chi connectivity index (χ2n) is 8.83. The summed E-state index contributed by atoms with van der Waals surface area (Å²) in [5.74, 6) is -0.411. The Kier molecular flexibility index (Phi) is 20.2. The van der Waals surface area contributed by atoms with E-state index in [1.807, 2.05) is 24.3 Å². The van der Waals surface area contributed by atoms with E-state index in [-0.39, 0.29) is 36.1 Å². The van der Waals surface area contributed by atoms with Gasteiger partial charge in [-0.05, 0) is 49.3 Å². The van der Waals surface area contributed by atoms with Crippen molar-refractivity contribution in [1.82, 2.24) is 0 Å². The summed E-state index contributed by atoms with van der Waals surface area (Å²) in [4.78, 5) is 3.82. The first-order valence-electron chi connectivity index (χ1n) is 12.8. The molecular weight excluding hydrogens is 461 g/mol. The third-order valence-corrected chi connectivity index (χ3v) is 6.43. The van der Waals surface area contributed by atoms with Gasteiger partial charge in [0.2, 0.25) is 0 Å². The SMILES string of the molecule is CCCCCCCCCCCCC(Oc1ccc(CCCC)cc1)C([O-])=NCCS(=O)(=O)O.[Na+]. The number of aliphatic imine (C=N–C) groups is 1. The molecular formula is C26H44NNaO5S. The predicted molar refractivity (Wildman–Crippen MR) is 135 cm³/mol. The zero-order valence-corrected chi connectivity index (χ0v) is 24.5. The molecule has 0 radical (unpaired) electrons. The molecule has 1 N–H and O–H groups in total. The van der Waals surface area contributed by atoms with Crippen LogP contribution in [-0.4, -0.2) is 37.3 Å². The molecule has 1 unspecified atom stereocenters. The minimum atomic E-state index is -4.14. The van der Waals surface area contributed by atoms with Crippen LogP contribution in [0, 0.1) is 0 Å². The van der Waals surface area contributed by atoms with Crippen molar-refractivity contribution in [2.75, 3.05) is 12.3 Å². The van der Waals surface area contributed by atoms with E-state index in [4.69, 9.17) is 9.29 Å². The quantitative estimate of drug-likeness (QED) is 0.0966. The summed E-state index contributed by atoms with van der Waals surface area (Å²) < 4.78 is 36.6. The van der Waals surface area contributed by atoms with Crippen LogP contribution < -0.4 is 39.4 Å². The molecule has 190 valence electrons. The van der Waals surface area contributed by atoms with Crippen molar-refractivity contribution in [1.29, 1.82) is 0 Å². The molecule has 1 atom stereocenters. The standard InChI is InChI=1S/C26H45NO5S.Na/c1-3-5-7-8-9-10-11-12-13-14-16-25(26(28)27-21-22-33(29,30)31)32-24-19-17-23(18-20-24)15-6-4-2;/h17-20,25H,3-16,21-22H2,1-2H3,(H,27,28)(H,29,30,31);/q;+1/p-1. The van der Waals surface area contributed by atoms with E-state index < -0.39 is 27.9 Å². The van der Waals surface area contributed by atoms with Gasteiger partial charge in [0.15, 0.2) is 0 Å². The van der Waals surface area contributed by atoms with Crippen LogP contribution >= 0.6 is 0 Å². The summed E-state index contributed by atoms with van der Waals surface area (Å²) in [6, 6.07) is 7.79. The normalized spacial score (nSPS) is 12.9. The Hall–Kier alpha value is -0.600. The van der Waals surface area contributed by atoms with Gasteiger partial charge < -0.3 is 14.8 Å². The molecule has 0 bridgehead atoms. The van der Waals surface area contributed by atoms with E-state index in [0.717, 1.165) is 38.5 Å². The van der Waals surface area contributed by atoms with Crippen LogP contribution in [0.25, 0.3) is 0 Å². The maximum Gasteiger partial charge on any atom is 1.00 e. The third-order valence-electron chi connectivity index (χ3n) is 5.73. The maximum atomic E-state index is 12.6. The Morgan fingerprint density at radius 3 is 1.97 bits per heavy atom. The molecule has 0 heterocycles. The number of benzene rings is 1. The Labute approximate surface area is 230 Å². The monoisotopic (exact) mass is 505 g/mol. The van der Waals surface area contributed by atoms with Gasteiger partial charge in [0.1, 0.15) is 11.9 Å². The molecule has 0 aliphatic rings. The molecule has 0 aromatic heterocycles. The van der Waals surface area contributed by atoms with Crippen LogP contribution in [0.3, 0.4) is 0 Å². The molecule has 0 spiro atoms. The zero-order valence-electron chi connectivity index (χ0n) is 21.6. The molecule has 1 aromatic rings. The Balaban J connectivity index is 0.0000109. The summed E-state index contributed by atoms with van der Waals surface area (Å²) in [5, 5.41) is 12.6. The summed E-state index contributed by atoms with van der Waals surface area (Å²) >= 11 is 0. The van der Waals surface area contributed by atoms with Crippen LogP contribution in [0.15, 0.2) is 29.3 Å². The van der Waals surface area contributed by atoms with E-state index in [0.29, 0.717) is 12.2 Å². The largest absolute Gasteiger partial charge is 1.00 e. The fourth-order valence-electron chi connectivity index (χ4n) is 3.70. The summed E-state index contributed by atoms with van der Waals surface area (Å²) in [5.41, 5.74) is 1.24. The number of ether oxygens (including phenoxy) is 1. The molecule has 0 fully saturated rings. The number of unbranched alkanes of at least 4 members (excludes halogenated alkanes) is 10. The maximum absolute atomic E-state index is 12.6. The number of nitrogens with zero attached hydrogens (tertiary/aromatic N) is 1. The van der Waals surface area contributed by atoms with Crippen molar-refractivity contribution in [3.05, 3.63) is 29.8 Å². The second-order valence-corrected chi connectivity index (χ2v) is 10.4. The van der Waals surface area contributed by atoms with E-state index >= 15 is 0 Å². The molecule has 34 heavy (non-hydrogen) atoms. The third kappa shape index (κ3) is 17.8. The minimum Gasteiger partial charge on any atom is -0.859 e. The molecule has 8 heteroatoms. The molecule has 1 rings (SSSR count). The fraction of sp³-hybridized carbons (Fsp3) is 0.731. The van der Waals surface area contributed by atoms with Gasteiger partial charge in [-0.25, -0.2) is 0 Å². The second kappa shape index (κ2) is 20.6.